The van der Waals surface area contributed by atoms with E-state index in [4.69, 9.17) is 4.74 Å². The molecule has 3 nitrogen and oxygen atoms in total. The third-order valence-corrected chi connectivity index (χ3v) is 4.66. The Morgan fingerprint density at radius 1 is 1.14 bits per heavy atom. The maximum atomic E-state index is 11.5. The van der Waals surface area contributed by atoms with Crippen molar-refractivity contribution in [1.29, 1.82) is 0 Å². The molecule has 0 bridgehead atoms. The largest absolute Gasteiger partial charge is 0.466 e. The standard InChI is InChI=1S/C18H36O3/c1-5-8-9-10-12-18(4,6-2)13-11-16(15-19)14-17(20)21-7-3/h16,19H,5-15H2,1-4H3/t16-,18?/m0/s1. The lowest BCUT2D eigenvalue weighted by molar-refractivity contribution is -0.144. The molecule has 1 unspecified atom stereocenters. The zero-order valence-corrected chi connectivity index (χ0v) is 14.6. The molecule has 0 aliphatic rings. The fourth-order valence-electron chi connectivity index (χ4n) is 2.72. The molecule has 0 heterocycles. The van der Waals surface area contributed by atoms with Gasteiger partial charge >= 0.3 is 5.97 Å². The highest BCUT2D eigenvalue weighted by Crippen LogP contribution is 2.35. The molecule has 0 saturated heterocycles. The number of rotatable bonds is 13. The van der Waals surface area contributed by atoms with Crippen LogP contribution in [0.15, 0.2) is 0 Å². The number of ether oxygens (including phenoxy) is 1. The number of esters is 1. The first kappa shape index (κ1) is 20.4. The molecule has 0 aromatic rings. The highest BCUT2D eigenvalue weighted by Gasteiger charge is 2.24. The van der Waals surface area contributed by atoms with Crippen LogP contribution in [0.5, 0.6) is 0 Å². The Morgan fingerprint density at radius 2 is 1.86 bits per heavy atom. The summed E-state index contributed by atoms with van der Waals surface area (Å²) in [7, 11) is 0. The second kappa shape index (κ2) is 12.0. The van der Waals surface area contributed by atoms with E-state index in [9.17, 15) is 9.90 Å². The number of aliphatic hydroxyl groups is 1. The summed E-state index contributed by atoms with van der Waals surface area (Å²) in [5, 5.41) is 9.45. The van der Waals surface area contributed by atoms with Crippen LogP contribution < -0.4 is 0 Å². The Labute approximate surface area is 131 Å². The predicted octanol–water partition coefficient (Wildman–Crippen LogP) is 4.72. The number of carbonyl (C=O) groups is 1. The third kappa shape index (κ3) is 9.89. The summed E-state index contributed by atoms with van der Waals surface area (Å²) >= 11 is 0. The quantitative estimate of drug-likeness (QED) is 0.395. The Morgan fingerprint density at radius 3 is 2.38 bits per heavy atom. The van der Waals surface area contributed by atoms with Gasteiger partial charge in [0.1, 0.15) is 0 Å². The Bertz CT molecular complexity index is 265. The van der Waals surface area contributed by atoms with Gasteiger partial charge in [-0.15, -0.1) is 0 Å². The van der Waals surface area contributed by atoms with Crippen LogP contribution in [0.3, 0.4) is 0 Å². The number of carbonyl (C=O) groups excluding carboxylic acids is 1. The zero-order valence-electron chi connectivity index (χ0n) is 14.6. The van der Waals surface area contributed by atoms with Crippen molar-refractivity contribution in [3.63, 3.8) is 0 Å². The van der Waals surface area contributed by atoms with Crippen molar-refractivity contribution in [3.8, 4) is 0 Å². The van der Waals surface area contributed by atoms with Gasteiger partial charge < -0.3 is 9.84 Å². The molecule has 0 rings (SSSR count). The monoisotopic (exact) mass is 300 g/mol. The van der Waals surface area contributed by atoms with Crippen LogP contribution in [-0.2, 0) is 9.53 Å². The zero-order chi connectivity index (χ0) is 16.1. The van der Waals surface area contributed by atoms with Crippen molar-refractivity contribution in [2.45, 2.75) is 85.5 Å². The van der Waals surface area contributed by atoms with E-state index in [1.807, 2.05) is 6.92 Å². The molecule has 0 radical (unpaired) electrons. The van der Waals surface area contributed by atoms with E-state index in [-0.39, 0.29) is 18.5 Å². The summed E-state index contributed by atoms with van der Waals surface area (Å²) in [6.45, 7) is 9.14. The molecule has 126 valence electrons. The second-order valence-electron chi connectivity index (χ2n) is 6.57. The Hall–Kier alpha value is -0.570. The molecule has 2 atom stereocenters. The van der Waals surface area contributed by atoms with Gasteiger partial charge in [0.2, 0.25) is 0 Å². The number of hydrogen-bond acceptors (Lipinski definition) is 3. The molecular formula is C18H36O3. The van der Waals surface area contributed by atoms with E-state index in [0.717, 1.165) is 19.3 Å². The molecule has 1 N–H and O–H groups in total. The Kier molecular flexibility index (Phi) is 11.7. The maximum absolute atomic E-state index is 11.5. The van der Waals surface area contributed by atoms with Crippen molar-refractivity contribution < 1.29 is 14.6 Å². The van der Waals surface area contributed by atoms with Crippen molar-refractivity contribution >= 4 is 5.97 Å². The molecule has 0 aliphatic heterocycles. The van der Waals surface area contributed by atoms with Crippen molar-refractivity contribution in [1.82, 2.24) is 0 Å². The molecule has 0 spiro atoms. The average Bonchev–Trinajstić information content (AvgIpc) is 2.48. The van der Waals surface area contributed by atoms with Gasteiger partial charge in [-0.3, -0.25) is 4.79 Å². The highest BCUT2D eigenvalue weighted by atomic mass is 16.5. The minimum absolute atomic E-state index is 0.0468. The predicted molar refractivity (Wildman–Crippen MR) is 88.2 cm³/mol. The molecule has 0 saturated carbocycles. The number of unbranched alkanes of at least 4 members (excludes halogenated alkanes) is 3. The molecule has 0 aromatic heterocycles. The van der Waals surface area contributed by atoms with E-state index >= 15 is 0 Å². The number of aliphatic hydroxyl groups excluding tert-OH is 1. The van der Waals surface area contributed by atoms with Gasteiger partial charge in [0.05, 0.1) is 13.0 Å². The fraction of sp³-hybridized carbons (Fsp3) is 0.944. The third-order valence-electron chi connectivity index (χ3n) is 4.66. The molecule has 21 heavy (non-hydrogen) atoms. The summed E-state index contributed by atoms with van der Waals surface area (Å²) in [5.74, 6) is -0.136. The molecule has 0 amide bonds. The lowest BCUT2D eigenvalue weighted by Gasteiger charge is -2.30. The average molecular weight is 300 g/mol. The van der Waals surface area contributed by atoms with Crippen molar-refractivity contribution in [2.75, 3.05) is 13.2 Å². The Balaban J connectivity index is 4.16. The van der Waals surface area contributed by atoms with E-state index in [2.05, 4.69) is 20.8 Å². The normalized spacial score (nSPS) is 15.5. The molecule has 0 aromatic carbocycles. The first-order chi connectivity index (χ1) is 10.0. The van der Waals surface area contributed by atoms with E-state index < -0.39 is 0 Å². The van der Waals surface area contributed by atoms with Gasteiger partial charge in [0.15, 0.2) is 0 Å². The van der Waals surface area contributed by atoms with Crippen LogP contribution in [0.25, 0.3) is 0 Å². The van der Waals surface area contributed by atoms with E-state index in [1.54, 1.807) is 0 Å². The van der Waals surface area contributed by atoms with Crippen LogP contribution in [0.4, 0.5) is 0 Å². The summed E-state index contributed by atoms with van der Waals surface area (Å²) in [5.41, 5.74) is 0.343. The van der Waals surface area contributed by atoms with Gasteiger partial charge in [-0.2, -0.15) is 0 Å². The van der Waals surface area contributed by atoms with Crippen molar-refractivity contribution in [3.05, 3.63) is 0 Å². The summed E-state index contributed by atoms with van der Waals surface area (Å²) in [6, 6.07) is 0. The summed E-state index contributed by atoms with van der Waals surface area (Å²) in [6.07, 6.45) is 9.96. The summed E-state index contributed by atoms with van der Waals surface area (Å²) in [4.78, 5) is 11.5. The molecule has 0 fully saturated rings. The smallest absolute Gasteiger partial charge is 0.306 e. The lowest BCUT2D eigenvalue weighted by atomic mass is 9.76. The van der Waals surface area contributed by atoms with E-state index in [0.29, 0.717) is 18.4 Å². The lowest BCUT2D eigenvalue weighted by Crippen LogP contribution is -2.20. The SMILES string of the molecule is CCCCCCC(C)(CC)CC[C@H](CO)CC(=O)OCC. The fourth-order valence-corrected chi connectivity index (χ4v) is 2.72. The maximum Gasteiger partial charge on any atom is 0.306 e. The number of hydrogen-bond donors (Lipinski definition) is 1. The second-order valence-corrected chi connectivity index (χ2v) is 6.57. The van der Waals surface area contributed by atoms with Crippen LogP contribution in [0.1, 0.15) is 85.5 Å². The van der Waals surface area contributed by atoms with Gasteiger partial charge in [-0.1, -0.05) is 52.9 Å². The van der Waals surface area contributed by atoms with E-state index in [1.165, 1.54) is 32.1 Å². The van der Waals surface area contributed by atoms with Gasteiger partial charge in [-0.25, -0.2) is 0 Å². The molecule has 3 heteroatoms. The van der Waals surface area contributed by atoms with Crippen LogP contribution >= 0.6 is 0 Å². The first-order valence-corrected chi connectivity index (χ1v) is 8.77. The first-order valence-electron chi connectivity index (χ1n) is 8.77. The minimum Gasteiger partial charge on any atom is -0.466 e. The van der Waals surface area contributed by atoms with Crippen LogP contribution in [-0.4, -0.2) is 24.3 Å². The summed E-state index contributed by atoms with van der Waals surface area (Å²) < 4.78 is 4.97. The molecular weight excluding hydrogens is 264 g/mol. The van der Waals surface area contributed by atoms with Gasteiger partial charge in [0.25, 0.3) is 0 Å². The minimum atomic E-state index is -0.183. The highest BCUT2D eigenvalue weighted by molar-refractivity contribution is 5.69. The van der Waals surface area contributed by atoms with Gasteiger partial charge in [-0.05, 0) is 37.5 Å². The molecule has 0 aliphatic carbocycles. The van der Waals surface area contributed by atoms with Crippen molar-refractivity contribution in [2.24, 2.45) is 11.3 Å². The topological polar surface area (TPSA) is 46.5 Å². The van der Waals surface area contributed by atoms with Crippen LogP contribution in [0.2, 0.25) is 0 Å². The van der Waals surface area contributed by atoms with Gasteiger partial charge in [0, 0.05) is 6.61 Å². The van der Waals surface area contributed by atoms with Crippen LogP contribution in [0, 0.1) is 11.3 Å².